The number of ether oxygens (including phenoxy) is 1. The highest BCUT2D eigenvalue weighted by Gasteiger charge is 2.58. The van der Waals surface area contributed by atoms with Crippen LogP contribution in [-0.2, 0) is 21.5 Å². The Morgan fingerprint density at radius 3 is 2.71 bits per heavy atom. The number of hydrogen-bond acceptors (Lipinski definition) is 4. The van der Waals surface area contributed by atoms with E-state index in [1.165, 1.54) is 5.56 Å². The second-order valence-electron chi connectivity index (χ2n) is 7.19. The van der Waals surface area contributed by atoms with Gasteiger partial charge in [0, 0.05) is 19.1 Å². The SMILES string of the molecule is COC(C)CCC1Cc2ccccc2C12N=C(N)N(C(C)C)C2=O. The molecule has 1 aliphatic carbocycles. The Morgan fingerprint density at radius 1 is 1.38 bits per heavy atom. The van der Waals surface area contributed by atoms with E-state index in [4.69, 9.17) is 15.5 Å². The quantitative estimate of drug-likeness (QED) is 0.902. The average Bonchev–Trinajstić information content (AvgIpc) is 3.01. The van der Waals surface area contributed by atoms with E-state index in [2.05, 4.69) is 13.0 Å². The smallest absolute Gasteiger partial charge is 0.262 e. The third-order valence-corrected chi connectivity index (χ3v) is 5.41. The Labute approximate surface area is 143 Å². The van der Waals surface area contributed by atoms with Gasteiger partial charge in [-0.05, 0) is 51.2 Å². The van der Waals surface area contributed by atoms with Crippen molar-refractivity contribution in [3.63, 3.8) is 0 Å². The van der Waals surface area contributed by atoms with Gasteiger partial charge in [-0.15, -0.1) is 0 Å². The predicted molar refractivity (Wildman–Crippen MR) is 94.6 cm³/mol. The van der Waals surface area contributed by atoms with Gasteiger partial charge in [0.15, 0.2) is 11.5 Å². The number of nitrogens with zero attached hydrogens (tertiary/aromatic N) is 2. The molecular formula is C19H27N3O2. The number of rotatable bonds is 5. The predicted octanol–water partition coefficient (Wildman–Crippen LogP) is 2.43. The summed E-state index contributed by atoms with van der Waals surface area (Å²) in [5.74, 6) is 0.494. The fraction of sp³-hybridized carbons (Fsp3) is 0.579. The molecule has 24 heavy (non-hydrogen) atoms. The highest BCUT2D eigenvalue weighted by molar-refractivity contribution is 6.08. The van der Waals surface area contributed by atoms with Crippen LogP contribution in [0.5, 0.6) is 0 Å². The van der Waals surface area contributed by atoms with Crippen molar-refractivity contribution >= 4 is 11.9 Å². The fourth-order valence-electron chi connectivity index (χ4n) is 4.08. The largest absolute Gasteiger partial charge is 0.382 e. The first-order valence-electron chi connectivity index (χ1n) is 8.72. The monoisotopic (exact) mass is 329 g/mol. The van der Waals surface area contributed by atoms with Gasteiger partial charge in [-0.1, -0.05) is 24.3 Å². The molecule has 1 heterocycles. The summed E-state index contributed by atoms with van der Waals surface area (Å²) < 4.78 is 5.39. The van der Waals surface area contributed by atoms with Gasteiger partial charge in [0.25, 0.3) is 5.91 Å². The highest BCUT2D eigenvalue weighted by atomic mass is 16.5. The maximum Gasteiger partial charge on any atom is 0.262 e. The van der Waals surface area contributed by atoms with E-state index in [1.807, 2.05) is 32.0 Å². The molecule has 3 rings (SSSR count). The first-order chi connectivity index (χ1) is 11.4. The minimum absolute atomic E-state index is 0.00642. The summed E-state index contributed by atoms with van der Waals surface area (Å²) in [7, 11) is 1.72. The molecule has 1 aliphatic heterocycles. The van der Waals surface area contributed by atoms with Crippen LogP contribution in [0, 0.1) is 5.92 Å². The van der Waals surface area contributed by atoms with Crippen LogP contribution < -0.4 is 5.73 Å². The first-order valence-corrected chi connectivity index (χ1v) is 8.72. The van der Waals surface area contributed by atoms with Crippen molar-refractivity contribution in [2.75, 3.05) is 7.11 Å². The van der Waals surface area contributed by atoms with Crippen LogP contribution in [0.25, 0.3) is 0 Å². The van der Waals surface area contributed by atoms with E-state index in [1.54, 1.807) is 12.0 Å². The molecule has 0 radical (unpaired) electrons. The summed E-state index contributed by atoms with van der Waals surface area (Å²) >= 11 is 0. The van der Waals surface area contributed by atoms with Crippen LogP contribution in [0.3, 0.4) is 0 Å². The van der Waals surface area contributed by atoms with E-state index < -0.39 is 5.54 Å². The van der Waals surface area contributed by atoms with Crippen LogP contribution in [-0.4, -0.2) is 36.0 Å². The van der Waals surface area contributed by atoms with Gasteiger partial charge in [-0.2, -0.15) is 0 Å². The molecule has 1 aromatic carbocycles. The normalized spacial score (nSPS) is 27.0. The Bertz CT molecular complexity index is 670. The van der Waals surface area contributed by atoms with Crippen molar-refractivity contribution in [2.45, 2.75) is 57.7 Å². The summed E-state index contributed by atoms with van der Waals surface area (Å²) in [5.41, 5.74) is 7.54. The lowest BCUT2D eigenvalue weighted by Gasteiger charge is -2.30. The van der Waals surface area contributed by atoms with Crippen LogP contribution in [0.4, 0.5) is 0 Å². The summed E-state index contributed by atoms with van der Waals surface area (Å²) in [5, 5.41) is 0. The maximum atomic E-state index is 13.4. The van der Waals surface area contributed by atoms with Crippen molar-refractivity contribution < 1.29 is 9.53 Å². The zero-order valence-electron chi connectivity index (χ0n) is 15.0. The van der Waals surface area contributed by atoms with Gasteiger partial charge < -0.3 is 10.5 Å². The Balaban J connectivity index is 2.02. The molecule has 0 aromatic heterocycles. The van der Waals surface area contributed by atoms with Crippen LogP contribution >= 0.6 is 0 Å². The molecule has 2 aliphatic rings. The summed E-state index contributed by atoms with van der Waals surface area (Å²) in [4.78, 5) is 19.8. The zero-order chi connectivity index (χ0) is 17.5. The van der Waals surface area contributed by atoms with Crippen molar-refractivity contribution in [2.24, 2.45) is 16.6 Å². The van der Waals surface area contributed by atoms with Crippen molar-refractivity contribution in [3.05, 3.63) is 35.4 Å². The topological polar surface area (TPSA) is 67.9 Å². The van der Waals surface area contributed by atoms with Gasteiger partial charge >= 0.3 is 0 Å². The minimum atomic E-state index is -0.849. The molecule has 2 N–H and O–H groups in total. The first kappa shape index (κ1) is 17.0. The van der Waals surface area contributed by atoms with Gasteiger partial charge in [-0.3, -0.25) is 9.69 Å². The van der Waals surface area contributed by atoms with E-state index in [0.717, 1.165) is 24.8 Å². The standard InChI is InChI=1S/C19H27N3O2/c1-12(2)22-17(23)19(21-18(22)20)15(10-9-13(3)24-4)11-14-7-5-6-8-16(14)19/h5-8,12-13,15H,9-11H2,1-4H3,(H2,20,21). The molecule has 0 saturated carbocycles. The lowest BCUT2D eigenvalue weighted by atomic mass is 9.80. The number of carbonyl (C=O) groups excluding carboxylic acids is 1. The third kappa shape index (κ3) is 2.42. The third-order valence-electron chi connectivity index (χ3n) is 5.41. The van der Waals surface area contributed by atoms with E-state index in [-0.39, 0.29) is 24.0 Å². The number of nitrogens with two attached hydrogens (primary N) is 1. The second kappa shape index (κ2) is 6.20. The fourth-order valence-corrected chi connectivity index (χ4v) is 4.08. The molecule has 0 fully saturated rings. The van der Waals surface area contributed by atoms with Crippen molar-refractivity contribution in [1.29, 1.82) is 0 Å². The maximum absolute atomic E-state index is 13.4. The number of hydrogen-bond donors (Lipinski definition) is 1. The number of benzene rings is 1. The highest BCUT2D eigenvalue weighted by Crippen LogP contribution is 2.50. The molecule has 5 nitrogen and oxygen atoms in total. The van der Waals surface area contributed by atoms with Crippen LogP contribution in [0.1, 0.15) is 44.7 Å². The Hall–Kier alpha value is -1.88. The number of fused-ring (bicyclic) bond motifs is 2. The molecule has 0 bridgehead atoms. The molecular weight excluding hydrogens is 302 g/mol. The van der Waals surface area contributed by atoms with E-state index in [9.17, 15) is 4.79 Å². The number of amides is 1. The van der Waals surface area contributed by atoms with E-state index in [0.29, 0.717) is 5.96 Å². The molecule has 3 atom stereocenters. The Morgan fingerprint density at radius 2 is 2.08 bits per heavy atom. The van der Waals surface area contributed by atoms with Crippen LogP contribution in [0.15, 0.2) is 29.3 Å². The number of guanidine groups is 1. The molecule has 1 aromatic rings. The average molecular weight is 329 g/mol. The van der Waals surface area contributed by atoms with Gasteiger partial charge in [-0.25, -0.2) is 4.99 Å². The molecule has 3 unspecified atom stereocenters. The second-order valence-corrected chi connectivity index (χ2v) is 7.19. The van der Waals surface area contributed by atoms with Gasteiger partial charge in [0.2, 0.25) is 0 Å². The van der Waals surface area contributed by atoms with Gasteiger partial charge in [0.05, 0.1) is 6.10 Å². The summed E-state index contributed by atoms with van der Waals surface area (Å²) in [6.45, 7) is 6.01. The lowest BCUT2D eigenvalue weighted by Crippen LogP contribution is -2.48. The minimum Gasteiger partial charge on any atom is -0.382 e. The molecule has 130 valence electrons. The summed E-state index contributed by atoms with van der Waals surface area (Å²) in [6, 6.07) is 8.16. The van der Waals surface area contributed by atoms with Gasteiger partial charge in [0.1, 0.15) is 0 Å². The van der Waals surface area contributed by atoms with Crippen molar-refractivity contribution in [1.82, 2.24) is 4.90 Å². The van der Waals surface area contributed by atoms with Crippen molar-refractivity contribution in [3.8, 4) is 0 Å². The number of aliphatic imine (C=N–C) groups is 1. The van der Waals surface area contributed by atoms with E-state index >= 15 is 0 Å². The van der Waals surface area contributed by atoms with Crippen LogP contribution in [0.2, 0.25) is 0 Å². The zero-order valence-corrected chi connectivity index (χ0v) is 15.0. The Kier molecular flexibility index (Phi) is 4.38. The molecule has 5 heteroatoms. The molecule has 0 saturated heterocycles. The lowest BCUT2D eigenvalue weighted by molar-refractivity contribution is -0.134. The summed E-state index contributed by atoms with van der Waals surface area (Å²) in [6.07, 6.45) is 2.82. The molecule has 1 spiro atoms. The number of carbonyl (C=O) groups is 1. The number of methoxy groups -OCH3 is 1. The molecule has 1 amide bonds.